The molecule has 35 heavy (non-hydrogen) atoms. The number of carbonyl (C=O) groups excluding carboxylic acids is 2. The summed E-state index contributed by atoms with van der Waals surface area (Å²) in [6.45, 7) is 0.333. The second kappa shape index (κ2) is 17.1. The zero-order chi connectivity index (χ0) is 25.2. The summed E-state index contributed by atoms with van der Waals surface area (Å²) in [6, 6.07) is 20.7. The molecule has 0 bridgehead atoms. The fraction of sp³-hybridized carbons (Fsp3) is 0.533. The standard InChI is InChI=1S/C30H42O5/c31-23-21-28(25-32)30(29(33)34,22-13-3-1-7-15-26-17-9-5-10-18-26)35-24-14-4-2-8-16-27-19-11-6-12-20-27/h5-6,9-12,17-20,23,25,28-29,33-34H,1-4,7-8,13-16,21-22,24H2. The summed E-state index contributed by atoms with van der Waals surface area (Å²) < 4.78 is 6.05. The summed E-state index contributed by atoms with van der Waals surface area (Å²) in [5, 5.41) is 20.5. The van der Waals surface area contributed by atoms with Crippen molar-refractivity contribution in [3.05, 3.63) is 71.8 Å². The SMILES string of the molecule is O=CCC(C=O)C(CCCCCCc1ccccc1)(OCCCCCCc1ccccc1)C(O)O. The molecule has 2 N–H and O–H groups in total. The minimum absolute atomic E-state index is 0.0772. The molecule has 5 heteroatoms. The van der Waals surface area contributed by atoms with Crippen LogP contribution in [0.25, 0.3) is 0 Å². The van der Waals surface area contributed by atoms with E-state index >= 15 is 0 Å². The van der Waals surface area contributed by atoms with E-state index < -0.39 is 17.8 Å². The van der Waals surface area contributed by atoms with Crippen LogP contribution in [0.4, 0.5) is 0 Å². The maximum atomic E-state index is 11.8. The average molecular weight is 483 g/mol. The highest BCUT2D eigenvalue weighted by Crippen LogP contribution is 2.33. The van der Waals surface area contributed by atoms with Crippen molar-refractivity contribution in [2.45, 2.75) is 88.9 Å². The van der Waals surface area contributed by atoms with Gasteiger partial charge in [0, 0.05) is 13.0 Å². The van der Waals surface area contributed by atoms with Crippen molar-refractivity contribution in [1.29, 1.82) is 0 Å². The minimum atomic E-state index is -1.82. The summed E-state index contributed by atoms with van der Waals surface area (Å²) in [5.41, 5.74) is 1.20. The third kappa shape index (κ3) is 10.4. The van der Waals surface area contributed by atoms with Crippen molar-refractivity contribution in [1.82, 2.24) is 0 Å². The number of unbranched alkanes of at least 4 members (excludes halogenated alkanes) is 6. The molecule has 0 spiro atoms. The van der Waals surface area contributed by atoms with Gasteiger partial charge in [0.25, 0.3) is 0 Å². The molecule has 0 heterocycles. The molecule has 0 aliphatic rings. The molecule has 2 atom stereocenters. The number of aryl methyl sites for hydroxylation is 2. The molecule has 0 amide bonds. The van der Waals surface area contributed by atoms with E-state index in [9.17, 15) is 19.8 Å². The Balaban J connectivity index is 1.79. The Morgan fingerprint density at radius 3 is 1.71 bits per heavy atom. The first kappa shape index (κ1) is 28.9. The van der Waals surface area contributed by atoms with E-state index in [1.165, 1.54) is 11.1 Å². The van der Waals surface area contributed by atoms with E-state index in [0.29, 0.717) is 32.0 Å². The topological polar surface area (TPSA) is 83.8 Å². The summed E-state index contributed by atoms with van der Waals surface area (Å²) in [5.74, 6) is -0.873. The molecule has 0 aliphatic carbocycles. The molecule has 192 valence electrons. The van der Waals surface area contributed by atoms with Crippen LogP contribution in [-0.4, -0.2) is 41.3 Å². The van der Waals surface area contributed by atoms with Gasteiger partial charge in [0.15, 0.2) is 6.29 Å². The van der Waals surface area contributed by atoms with Crippen molar-refractivity contribution >= 4 is 12.6 Å². The quantitative estimate of drug-likeness (QED) is 0.149. The van der Waals surface area contributed by atoms with Gasteiger partial charge in [0.2, 0.25) is 0 Å². The van der Waals surface area contributed by atoms with E-state index in [4.69, 9.17) is 4.74 Å². The first-order valence-corrected chi connectivity index (χ1v) is 13.1. The van der Waals surface area contributed by atoms with Crippen molar-refractivity contribution in [3.63, 3.8) is 0 Å². The van der Waals surface area contributed by atoms with Crippen LogP contribution in [0.2, 0.25) is 0 Å². The minimum Gasteiger partial charge on any atom is -0.369 e. The number of hydrogen-bond donors (Lipinski definition) is 2. The molecule has 5 nitrogen and oxygen atoms in total. The van der Waals surface area contributed by atoms with Crippen molar-refractivity contribution in [2.75, 3.05) is 6.61 Å². The predicted octanol–water partition coefficient (Wildman–Crippen LogP) is 5.45. The number of aldehydes is 2. The molecule has 2 unspecified atom stereocenters. The number of benzene rings is 2. The monoisotopic (exact) mass is 482 g/mol. The fourth-order valence-electron chi connectivity index (χ4n) is 4.65. The lowest BCUT2D eigenvalue weighted by atomic mass is 9.80. The molecule has 0 saturated carbocycles. The zero-order valence-electron chi connectivity index (χ0n) is 20.9. The first-order valence-electron chi connectivity index (χ1n) is 13.1. The van der Waals surface area contributed by atoms with Crippen LogP contribution in [0.3, 0.4) is 0 Å². The molecule has 0 aromatic heterocycles. The van der Waals surface area contributed by atoms with Crippen molar-refractivity contribution in [3.8, 4) is 0 Å². The van der Waals surface area contributed by atoms with E-state index in [1.54, 1.807) is 0 Å². The van der Waals surface area contributed by atoms with E-state index in [0.717, 1.165) is 57.8 Å². The van der Waals surface area contributed by atoms with E-state index in [-0.39, 0.29) is 6.42 Å². The average Bonchev–Trinajstić information content (AvgIpc) is 2.88. The molecule has 0 fully saturated rings. The smallest absolute Gasteiger partial charge is 0.182 e. The van der Waals surface area contributed by atoms with Gasteiger partial charge in [-0.1, -0.05) is 92.8 Å². The number of ether oxygens (including phenoxy) is 1. The van der Waals surface area contributed by atoms with Crippen LogP contribution < -0.4 is 0 Å². The summed E-state index contributed by atoms with van der Waals surface area (Å²) in [7, 11) is 0. The zero-order valence-corrected chi connectivity index (χ0v) is 20.9. The predicted molar refractivity (Wildman–Crippen MR) is 139 cm³/mol. The molecule has 0 radical (unpaired) electrons. The maximum Gasteiger partial charge on any atom is 0.182 e. The molecular formula is C30H42O5. The van der Waals surface area contributed by atoms with Crippen LogP contribution in [0.5, 0.6) is 0 Å². The normalized spacial score (nSPS) is 13.9. The summed E-state index contributed by atoms with van der Waals surface area (Å²) >= 11 is 0. The molecule has 2 rings (SSSR count). The Morgan fingerprint density at radius 1 is 0.714 bits per heavy atom. The lowest BCUT2D eigenvalue weighted by Gasteiger charge is -2.39. The summed E-state index contributed by atoms with van der Waals surface area (Å²) in [6.07, 6.45) is 9.32. The van der Waals surface area contributed by atoms with Gasteiger partial charge in [-0.15, -0.1) is 0 Å². The third-order valence-electron chi connectivity index (χ3n) is 6.78. The Hall–Kier alpha value is -2.34. The van der Waals surface area contributed by atoms with Crippen LogP contribution in [0.1, 0.15) is 75.3 Å². The highest BCUT2D eigenvalue weighted by Gasteiger charge is 2.45. The lowest BCUT2D eigenvalue weighted by molar-refractivity contribution is -0.232. The van der Waals surface area contributed by atoms with Gasteiger partial charge in [-0.05, 0) is 49.7 Å². The number of aliphatic hydroxyl groups excluding tert-OH is 1. The fourth-order valence-corrected chi connectivity index (χ4v) is 4.65. The van der Waals surface area contributed by atoms with Gasteiger partial charge in [-0.25, -0.2) is 0 Å². The molecule has 0 saturated heterocycles. The van der Waals surface area contributed by atoms with Crippen molar-refractivity contribution < 1.29 is 24.5 Å². The number of rotatable bonds is 20. The maximum absolute atomic E-state index is 11.8. The second-order valence-electron chi connectivity index (χ2n) is 9.37. The van der Waals surface area contributed by atoms with Crippen molar-refractivity contribution in [2.24, 2.45) is 5.92 Å². The largest absolute Gasteiger partial charge is 0.369 e. The Labute approximate surface area is 210 Å². The first-order chi connectivity index (χ1) is 17.1. The van der Waals surface area contributed by atoms with Gasteiger partial charge < -0.3 is 24.5 Å². The highest BCUT2D eigenvalue weighted by atomic mass is 16.6. The van der Waals surface area contributed by atoms with E-state index in [2.05, 4.69) is 36.4 Å². The van der Waals surface area contributed by atoms with Gasteiger partial charge in [0.1, 0.15) is 18.2 Å². The van der Waals surface area contributed by atoms with Gasteiger partial charge in [0.05, 0.1) is 5.92 Å². The third-order valence-corrected chi connectivity index (χ3v) is 6.78. The van der Waals surface area contributed by atoms with E-state index in [1.807, 2.05) is 24.3 Å². The van der Waals surface area contributed by atoms with Crippen LogP contribution in [0, 0.1) is 5.92 Å². The van der Waals surface area contributed by atoms with Crippen LogP contribution >= 0.6 is 0 Å². The highest BCUT2D eigenvalue weighted by molar-refractivity contribution is 5.63. The molecule has 0 aliphatic heterocycles. The van der Waals surface area contributed by atoms with Gasteiger partial charge >= 0.3 is 0 Å². The number of hydrogen-bond acceptors (Lipinski definition) is 5. The number of aliphatic hydroxyl groups is 2. The molecular weight excluding hydrogens is 440 g/mol. The number of carbonyl (C=O) groups is 2. The summed E-state index contributed by atoms with van der Waals surface area (Å²) in [4.78, 5) is 23.0. The van der Waals surface area contributed by atoms with Gasteiger partial charge in [-0.2, -0.15) is 0 Å². The van der Waals surface area contributed by atoms with Gasteiger partial charge in [-0.3, -0.25) is 0 Å². The molecule has 2 aromatic rings. The Morgan fingerprint density at radius 2 is 1.23 bits per heavy atom. The van der Waals surface area contributed by atoms with Crippen LogP contribution in [0.15, 0.2) is 60.7 Å². The Kier molecular flexibility index (Phi) is 14.2. The molecule has 2 aromatic carbocycles. The van der Waals surface area contributed by atoms with Crippen LogP contribution in [-0.2, 0) is 27.2 Å². The lowest BCUT2D eigenvalue weighted by Crippen LogP contribution is -2.52. The Bertz CT molecular complexity index is 808. The second-order valence-corrected chi connectivity index (χ2v) is 9.37.